The van der Waals surface area contributed by atoms with Crippen LogP contribution in [0.3, 0.4) is 0 Å². The third-order valence-corrected chi connectivity index (χ3v) is 3.17. The smallest absolute Gasteiger partial charge is 0.282 e. The number of hydrogen-bond acceptors (Lipinski definition) is 1. The van der Waals surface area contributed by atoms with Gasteiger partial charge in [-0.2, -0.15) is 0 Å². The zero-order valence-corrected chi connectivity index (χ0v) is 11.6. The molecule has 3 nitrogen and oxygen atoms in total. The minimum absolute atomic E-state index is 0.171. The minimum atomic E-state index is -0.461. The molecule has 1 amide bonds. The molecule has 110 valence electrons. The molecule has 0 fully saturated rings. The number of quaternary nitrogens is 1. The van der Waals surface area contributed by atoms with Crippen molar-refractivity contribution in [2.45, 2.75) is 19.5 Å². The molecule has 2 rings (SSSR count). The highest BCUT2D eigenvalue weighted by Gasteiger charge is 2.17. The second-order valence-corrected chi connectivity index (χ2v) is 4.82. The molecule has 0 saturated carbocycles. The molecular weight excluding hydrogens is 274 g/mol. The Morgan fingerprint density at radius 2 is 1.81 bits per heavy atom. The van der Waals surface area contributed by atoms with Gasteiger partial charge < -0.3 is 10.6 Å². The van der Waals surface area contributed by atoms with Crippen molar-refractivity contribution in [3.63, 3.8) is 0 Å². The zero-order valence-electron chi connectivity index (χ0n) is 11.6. The highest BCUT2D eigenvalue weighted by atomic mass is 19.1. The molecule has 1 atom stereocenters. The van der Waals surface area contributed by atoms with E-state index in [1.807, 2.05) is 5.32 Å². The Bertz CT molecular complexity index is 614. The van der Waals surface area contributed by atoms with Gasteiger partial charge in [-0.05, 0) is 31.2 Å². The molecule has 0 unspecified atom stereocenters. The molecule has 2 aromatic carbocycles. The monoisotopic (exact) mass is 291 g/mol. The number of nitrogens with two attached hydrogens (primary N) is 1. The Kier molecular flexibility index (Phi) is 5.00. The fourth-order valence-corrected chi connectivity index (χ4v) is 1.85. The van der Waals surface area contributed by atoms with Gasteiger partial charge in [0.05, 0.1) is 5.69 Å². The van der Waals surface area contributed by atoms with Gasteiger partial charge >= 0.3 is 0 Å². The van der Waals surface area contributed by atoms with Crippen LogP contribution in [0.2, 0.25) is 0 Å². The first-order valence-electron chi connectivity index (χ1n) is 6.69. The molecule has 0 aliphatic carbocycles. The van der Waals surface area contributed by atoms with E-state index in [1.165, 1.54) is 24.3 Å². The van der Waals surface area contributed by atoms with E-state index in [0.717, 1.165) is 5.56 Å². The van der Waals surface area contributed by atoms with E-state index in [9.17, 15) is 13.6 Å². The summed E-state index contributed by atoms with van der Waals surface area (Å²) in [4.78, 5) is 12.0. The largest absolute Gasteiger partial charge is 0.333 e. The van der Waals surface area contributed by atoms with E-state index in [4.69, 9.17) is 0 Å². The van der Waals surface area contributed by atoms with Crippen LogP contribution in [0.15, 0.2) is 48.5 Å². The number of amides is 1. The molecule has 0 bridgehead atoms. The summed E-state index contributed by atoms with van der Waals surface area (Å²) >= 11 is 0. The second kappa shape index (κ2) is 6.95. The van der Waals surface area contributed by atoms with Crippen molar-refractivity contribution in [2.75, 3.05) is 5.32 Å². The fraction of sp³-hybridized carbons (Fsp3) is 0.188. The summed E-state index contributed by atoms with van der Waals surface area (Å²) in [6.45, 7) is 2.28. The van der Waals surface area contributed by atoms with E-state index in [0.29, 0.717) is 6.54 Å². The van der Waals surface area contributed by atoms with Crippen LogP contribution in [0.5, 0.6) is 0 Å². The maximum absolute atomic E-state index is 13.4. The Balaban J connectivity index is 1.88. The average Bonchev–Trinajstić information content (AvgIpc) is 2.48. The number of rotatable bonds is 5. The summed E-state index contributed by atoms with van der Waals surface area (Å²) in [6.07, 6.45) is 0. The predicted octanol–water partition coefficient (Wildman–Crippen LogP) is 2.06. The van der Waals surface area contributed by atoms with E-state index >= 15 is 0 Å². The minimum Gasteiger partial charge on any atom is -0.333 e. The number of anilines is 1. The fourth-order valence-electron chi connectivity index (χ4n) is 1.85. The zero-order chi connectivity index (χ0) is 15.2. The van der Waals surface area contributed by atoms with Crippen molar-refractivity contribution in [1.29, 1.82) is 0 Å². The second-order valence-electron chi connectivity index (χ2n) is 4.82. The lowest BCUT2D eigenvalue weighted by Gasteiger charge is -2.12. The van der Waals surface area contributed by atoms with Gasteiger partial charge in [0.2, 0.25) is 0 Å². The standard InChI is InChI=1S/C16H16F2N2O/c1-11(19-10-12-6-8-13(17)9-7-12)16(21)20-15-5-3-2-4-14(15)18/h2-9,11,19H,10H2,1H3,(H,20,21)/p+1/t11-/m1/s1. The number of para-hydroxylation sites is 1. The van der Waals surface area contributed by atoms with Crippen molar-refractivity contribution in [1.82, 2.24) is 0 Å². The van der Waals surface area contributed by atoms with Gasteiger partial charge in [-0.15, -0.1) is 0 Å². The Hall–Kier alpha value is -2.27. The lowest BCUT2D eigenvalue weighted by Crippen LogP contribution is -2.90. The van der Waals surface area contributed by atoms with Crippen molar-refractivity contribution >= 4 is 11.6 Å². The van der Waals surface area contributed by atoms with Crippen LogP contribution in [-0.2, 0) is 11.3 Å². The molecule has 2 aromatic rings. The summed E-state index contributed by atoms with van der Waals surface area (Å²) in [6, 6.07) is 11.8. The quantitative estimate of drug-likeness (QED) is 0.870. The van der Waals surface area contributed by atoms with E-state index in [2.05, 4.69) is 5.32 Å². The van der Waals surface area contributed by atoms with Gasteiger partial charge in [-0.25, -0.2) is 8.78 Å². The van der Waals surface area contributed by atoms with Gasteiger partial charge in [-0.3, -0.25) is 4.79 Å². The highest BCUT2D eigenvalue weighted by molar-refractivity contribution is 5.93. The summed E-state index contributed by atoms with van der Waals surface area (Å²) in [5, 5.41) is 4.36. The normalized spacial score (nSPS) is 12.0. The van der Waals surface area contributed by atoms with Gasteiger partial charge in [0.25, 0.3) is 5.91 Å². The van der Waals surface area contributed by atoms with Crippen molar-refractivity contribution in [3.8, 4) is 0 Å². The molecule has 0 radical (unpaired) electrons. The van der Waals surface area contributed by atoms with Crippen LogP contribution >= 0.6 is 0 Å². The van der Waals surface area contributed by atoms with Gasteiger partial charge in [0, 0.05) is 5.56 Å². The first-order chi connectivity index (χ1) is 10.1. The molecule has 0 aliphatic rings. The van der Waals surface area contributed by atoms with Crippen molar-refractivity contribution in [2.24, 2.45) is 0 Å². The van der Waals surface area contributed by atoms with Crippen LogP contribution in [0.1, 0.15) is 12.5 Å². The van der Waals surface area contributed by atoms with Crippen LogP contribution in [0.25, 0.3) is 0 Å². The molecule has 0 spiro atoms. The van der Waals surface area contributed by atoms with Gasteiger partial charge in [-0.1, -0.05) is 24.3 Å². The van der Waals surface area contributed by atoms with Crippen LogP contribution in [0.4, 0.5) is 14.5 Å². The molecule has 0 aliphatic heterocycles. The lowest BCUT2D eigenvalue weighted by atomic mass is 10.2. The number of hydrogen-bond donors (Lipinski definition) is 2. The molecule has 3 N–H and O–H groups in total. The molecule has 0 aromatic heterocycles. The third kappa shape index (κ3) is 4.36. The lowest BCUT2D eigenvalue weighted by molar-refractivity contribution is -0.688. The van der Waals surface area contributed by atoms with Crippen LogP contribution in [-0.4, -0.2) is 11.9 Å². The number of carbonyl (C=O) groups excluding carboxylic acids is 1. The topological polar surface area (TPSA) is 45.7 Å². The molecule has 0 heterocycles. The maximum Gasteiger partial charge on any atom is 0.282 e. The average molecular weight is 291 g/mol. The molecule has 5 heteroatoms. The third-order valence-electron chi connectivity index (χ3n) is 3.17. The summed E-state index contributed by atoms with van der Waals surface area (Å²) < 4.78 is 26.2. The number of carbonyl (C=O) groups is 1. The first-order valence-corrected chi connectivity index (χ1v) is 6.69. The number of nitrogens with one attached hydrogen (secondary N) is 1. The van der Waals surface area contributed by atoms with Crippen molar-refractivity contribution in [3.05, 3.63) is 65.7 Å². The summed E-state index contributed by atoms with van der Waals surface area (Å²) in [5.74, 6) is -1.03. The summed E-state index contributed by atoms with van der Waals surface area (Å²) in [5.41, 5.74) is 1.09. The Labute approximate surface area is 122 Å². The van der Waals surface area contributed by atoms with Gasteiger partial charge in [0.15, 0.2) is 6.04 Å². The predicted molar refractivity (Wildman–Crippen MR) is 76.5 cm³/mol. The highest BCUT2D eigenvalue weighted by Crippen LogP contribution is 2.12. The van der Waals surface area contributed by atoms with E-state index < -0.39 is 5.82 Å². The van der Waals surface area contributed by atoms with E-state index in [-0.39, 0.29) is 23.5 Å². The van der Waals surface area contributed by atoms with Crippen LogP contribution in [0, 0.1) is 11.6 Å². The molecule has 0 saturated heterocycles. The van der Waals surface area contributed by atoms with Crippen LogP contribution < -0.4 is 10.6 Å². The maximum atomic E-state index is 13.4. The van der Waals surface area contributed by atoms with Crippen molar-refractivity contribution < 1.29 is 18.9 Å². The molecule has 21 heavy (non-hydrogen) atoms. The van der Waals surface area contributed by atoms with Gasteiger partial charge in [0.1, 0.15) is 18.2 Å². The molecular formula is C16H17F2N2O+. The van der Waals surface area contributed by atoms with E-state index in [1.54, 1.807) is 31.2 Å². The SMILES string of the molecule is C[C@@H]([NH2+]Cc1ccc(F)cc1)C(=O)Nc1ccccc1F. The Morgan fingerprint density at radius 3 is 2.48 bits per heavy atom. The first kappa shape index (κ1) is 15.1. The summed E-state index contributed by atoms with van der Waals surface area (Å²) in [7, 11) is 0. The Morgan fingerprint density at radius 1 is 1.14 bits per heavy atom. The number of halogens is 2. The number of benzene rings is 2.